The van der Waals surface area contributed by atoms with Crippen molar-refractivity contribution in [1.29, 1.82) is 5.41 Å². The SMILES string of the molecule is CC(C)(C)OC(=O)N1CC=C(c2cccc3ncc(/C(C=N)=C/NC4CCNCC4)nc23)CC1. The van der Waals surface area contributed by atoms with Crippen LogP contribution in [0.2, 0.25) is 0 Å². The predicted octanol–water partition coefficient (Wildman–Crippen LogP) is 3.99. The zero-order chi connectivity index (χ0) is 24.1. The molecule has 1 aromatic carbocycles. The van der Waals surface area contributed by atoms with Crippen LogP contribution in [-0.4, -0.2) is 65.0 Å². The Kier molecular flexibility index (Phi) is 7.26. The van der Waals surface area contributed by atoms with E-state index < -0.39 is 5.60 Å². The molecular weight excluding hydrogens is 428 g/mol. The topological polar surface area (TPSA) is 103 Å². The Labute approximate surface area is 201 Å². The molecule has 0 unspecified atom stereocenters. The number of nitrogens with one attached hydrogen (secondary N) is 3. The van der Waals surface area contributed by atoms with Crippen molar-refractivity contribution >= 4 is 34.5 Å². The number of ether oxygens (including phenoxy) is 1. The molecule has 0 atom stereocenters. The van der Waals surface area contributed by atoms with Gasteiger partial charge < -0.3 is 25.7 Å². The maximum atomic E-state index is 12.4. The third-order valence-electron chi connectivity index (χ3n) is 6.04. The summed E-state index contributed by atoms with van der Waals surface area (Å²) in [5.41, 5.74) is 4.65. The fraction of sp³-hybridized carbons (Fsp3) is 0.462. The molecule has 4 rings (SSSR count). The van der Waals surface area contributed by atoms with E-state index in [1.807, 2.05) is 39.1 Å². The fourth-order valence-electron chi connectivity index (χ4n) is 4.22. The van der Waals surface area contributed by atoms with Crippen LogP contribution in [0.5, 0.6) is 0 Å². The Morgan fingerprint density at radius 1 is 1.29 bits per heavy atom. The van der Waals surface area contributed by atoms with E-state index in [9.17, 15) is 4.79 Å². The van der Waals surface area contributed by atoms with Crippen molar-refractivity contribution in [2.45, 2.75) is 51.7 Å². The van der Waals surface area contributed by atoms with Gasteiger partial charge in [-0.1, -0.05) is 18.2 Å². The lowest BCUT2D eigenvalue weighted by Crippen LogP contribution is -2.39. The van der Waals surface area contributed by atoms with E-state index in [1.165, 1.54) is 6.21 Å². The van der Waals surface area contributed by atoms with Crippen molar-refractivity contribution in [2.75, 3.05) is 26.2 Å². The number of carbonyl (C=O) groups is 1. The van der Waals surface area contributed by atoms with Crippen LogP contribution in [0.25, 0.3) is 22.2 Å². The molecule has 1 amide bonds. The first-order chi connectivity index (χ1) is 16.3. The summed E-state index contributed by atoms with van der Waals surface area (Å²) in [6.07, 6.45) is 9.56. The molecule has 180 valence electrons. The first-order valence-corrected chi connectivity index (χ1v) is 11.9. The van der Waals surface area contributed by atoms with Crippen LogP contribution in [0.15, 0.2) is 36.7 Å². The molecule has 0 saturated carbocycles. The van der Waals surface area contributed by atoms with E-state index in [-0.39, 0.29) is 6.09 Å². The molecule has 0 spiro atoms. The van der Waals surface area contributed by atoms with Crippen molar-refractivity contribution in [1.82, 2.24) is 25.5 Å². The molecule has 3 N–H and O–H groups in total. The van der Waals surface area contributed by atoms with Crippen LogP contribution in [0.1, 0.15) is 51.3 Å². The average Bonchev–Trinajstić information content (AvgIpc) is 2.84. The number of carbonyl (C=O) groups excluding carboxylic acids is 1. The third-order valence-corrected chi connectivity index (χ3v) is 6.04. The minimum Gasteiger partial charge on any atom is -0.444 e. The monoisotopic (exact) mass is 462 g/mol. The number of aromatic nitrogens is 2. The summed E-state index contributed by atoms with van der Waals surface area (Å²) >= 11 is 0. The number of piperidine rings is 1. The Morgan fingerprint density at radius 2 is 2.09 bits per heavy atom. The van der Waals surface area contributed by atoms with Gasteiger partial charge in [0.25, 0.3) is 0 Å². The lowest BCUT2D eigenvalue weighted by Gasteiger charge is -2.29. The summed E-state index contributed by atoms with van der Waals surface area (Å²) in [5, 5.41) is 14.7. The number of amides is 1. The van der Waals surface area contributed by atoms with E-state index in [4.69, 9.17) is 15.1 Å². The highest BCUT2D eigenvalue weighted by Gasteiger charge is 2.24. The van der Waals surface area contributed by atoms with Crippen LogP contribution in [0.3, 0.4) is 0 Å². The minimum atomic E-state index is -0.508. The second kappa shape index (κ2) is 10.3. The molecular formula is C26H34N6O2. The van der Waals surface area contributed by atoms with Crippen LogP contribution < -0.4 is 10.6 Å². The molecule has 2 aliphatic heterocycles. The summed E-state index contributed by atoms with van der Waals surface area (Å²) in [4.78, 5) is 23.7. The smallest absolute Gasteiger partial charge is 0.410 e. The van der Waals surface area contributed by atoms with Gasteiger partial charge in [0.1, 0.15) is 5.60 Å². The highest BCUT2D eigenvalue weighted by molar-refractivity contribution is 6.07. The number of hydrogen-bond acceptors (Lipinski definition) is 7. The Bertz CT molecular complexity index is 1110. The van der Waals surface area contributed by atoms with E-state index in [0.29, 0.717) is 30.4 Å². The number of rotatable bonds is 5. The molecule has 0 aliphatic carbocycles. The highest BCUT2D eigenvalue weighted by atomic mass is 16.6. The van der Waals surface area contributed by atoms with Gasteiger partial charge in [0.2, 0.25) is 0 Å². The van der Waals surface area contributed by atoms with Gasteiger partial charge in [-0.3, -0.25) is 4.98 Å². The first-order valence-electron chi connectivity index (χ1n) is 11.9. The lowest BCUT2D eigenvalue weighted by molar-refractivity contribution is 0.0270. The number of allylic oxidation sites excluding steroid dienone is 1. The molecule has 0 radical (unpaired) electrons. The van der Waals surface area contributed by atoms with Crippen molar-refractivity contribution in [3.8, 4) is 0 Å². The third kappa shape index (κ3) is 5.80. The molecule has 1 aromatic heterocycles. The predicted molar refractivity (Wildman–Crippen MR) is 136 cm³/mol. The second-order valence-corrected chi connectivity index (χ2v) is 9.77. The molecule has 1 saturated heterocycles. The van der Waals surface area contributed by atoms with Gasteiger partial charge in [0.05, 0.1) is 22.9 Å². The molecule has 8 nitrogen and oxygen atoms in total. The maximum Gasteiger partial charge on any atom is 0.410 e. The highest BCUT2D eigenvalue weighted by Crippen LogP contribution is 2.29. The number of para-hydroxylation sites is 1. The van der Waals surface area contributed by atoms with Crippen LogP contribution in [-0.2, 0) is 4.74 Å². The average molecular weight is 463 g/mol. The molecule has 34 heavy (non-hydrogen) atoms. The summed E-state index contributed by atoms with van der Waals surface area (Å²) in [6, 6.07) is 6.39. The summed E-state index contributed by atoms with van der Waals surface area (Å²) in [7, 11) is 0. The van der Waals surface area contributed by atoms with Crippen molar-refractivity contribution < 1.29 is 9.53 Å². The number of nitrogens with zero attached hydrogens (tertiary/aromatic N) is 3. The van der Waals surface area contributed by atoms with Gasteiger partial charge in [-0.25, -0.2) is 9.78 Å². The first kappa shape index (κ1) is 23.9. The summed E-state index contributed by atoms with van der Waals surface area (Å²) < 4.78 is 5.51. The number of benzene rings is 1. The molecule has 1 fully saturated rings. The zero-order valence-electron chi connectivity index (χ0n) is 20.2. The summed E-state index contributed by atoms with van der Waals surface area (Å²) in [6.45, 7) is 8.73. The molecule has 0 bridgehead atoms. The molecule has 2 aromatic rings. The maximum absolute atomic E-state index is 12.4. The Balaban J connectivity index is 1.56. The van der Waals surface area contributed by atoms with Gasteiger partial charge in [-0.05, 0) is 64.8 Å². The second-order valence-electron chi connectivity index (χ2n) is 9.77. The van der Waals surface area contributed by atoms with Crippen LogP contribution in [0.4, 0.5) is 4.79 Å². The Morgan fingerprint density at radius 3 is 2.76 bits per heavy atom. The van der Waals surface area contributed by atoms with Crippen molar-refractivity contribution in [3.63, 3.8) is 0 Å². The number of hydrogen-bond donors (Lipinski definition) is 3. The lowest BCUT2D eigenvalue weighted by atomic mass is 9.98. The summed E-state index contributed by atoms with van der Waals surface area (Å²) in [5.74, 6) is 0. The van der Waals surface area contributed by atoms with Gasteiger partial charge in [0.15, 0.2) is 0 Å². The van der Waals surface area contributed by atoms with Crippen molar-refractivity contribution in [2.24, 2.45) is 0 Å². The molecule has 3 heterocycles. The van der Waals surface area contributed by atoms with Crippen LogP contribution >= 0.6 is 0 Å². The van der Waals surface area contributed by atoms with Gasteiger partial charge in [0, 0.05) is 42.7 Å². The largest absolute Gasteiger partial charge is 0.444 e. The quantitative estimate of drug-likeness (QED) is 0.581. The molecule has 8 heteroatoms. The van der Waals surface area contributed by atoms with E-state index in [1.54, 1.807) is 11.1 Å². The zero-order valence-corrected chi connectivity index (χ0v) is 20.2. The minimum absolute atomic E-state index is 0.287. The van der Waals surface area contributed by atoms with Gasteiger partial charge in [-0.15, -0.1) is 0 Å². The van der Waals surface area contributed by atoms with E-state index in [2.05, 4.69) is 27.8 Å². The van der Waals surface area contributed by atoms with Crippen LogP contribution in [0, 0.1) is 5.41 Å². The normalized spacial score (nSPS) is 17.9. The molecule has 2 aliphatic rings. The van der Waals surface area contributed by atoms with Gasteiger partial charge in [-0.2, -0.15) is 0 Å². The van der Waals surface area contributed by atoms with E-state index in [0.717, 1.165) is 54.5 Å². The standard InChI is InChI=1S/C26H34N6O2/c1-26(2,3)34-25(33)32-13-9-18(10-14-32)21-5-4-6-22-24(21)31-23(17-30-22)19(15-27)16-29-20-7-11-28-12-8-20/h4-6,9,15-17,20,27-29H,7-8,10-14H2,1-3H3/b19-16+,27-15?. The van der Waals surface area contributed by atoms with Crippen molar-refractivity contribution in [3.05, 3.63) is 47.9 Å². The number of fused-ring (bicyclic) bond motifs is 1. The Hall–Kier alpha value is -3.26. The van der Waals surface area contributed by atoms with Gasteiger partial charge >= 0.3 is 6.09 Å². The van der Waals surface area contributed by atoms with E-state index >= 15 is 0 Å². The fourth-order valence-corrected chi connectivity index (χ4v) is 4.22.